The average Bonchev–Trinajstić information content (AvgIpc) is 1.81. The molecule has 0 radical (unpaired) electrons. The topological polar surface area (TPSA) is 34.1 Å². The standard InChI is InChI=1S/C3H7.2C2H3O.Al/c1-3-2;2*1-2-3;/h1,3H2,2H3;2*1H3;. The molecule has 0 spiro atoms. The van der Waals surface area contributed by atoms with Crippen LogP contribution in [0.3, 0.4) is 0 Å². The molecule has 0 aromatic carbocycles. The number of rotatable bonds is 4. The predicted octanol–water partition coefficient (Wildman–Crippen LogP) is 1.15. The molecule has 0 aromatic heterocycles. The maximum absolute atomic E-state index is 10.8. The summed E-state index contributed by atoms with van der Waals surface area (Å²) in [5, 5.41) is 0.838. The van der Waals surface area contributed by atoms with Crippen LogP contribution < -0.4 is 0 Å². The molecule has 10 heavy (non-hydrogen) atoms. The van der Waals surface area contributed by atoms with Gasteiger partial charge >= 0.3 is 14.1 Å². The third-order valence-corrected chi connectivity index (χ3v) is 4.68. The van der Waals surface area contributed by atoms with Crippen LogP contribution >= 0.6 is 0 Å². The highest BCUT2D eigenvalue weighted by Gasteiger charge is 2.28. The first kappa shape index (κ1) is 9.87. The van der Waals surface area contributed by atoms with E-state index in [1.54, 1.807) is 0 Å². The van der Waals surface area contributed by atoms with Gasteiger partial charge in [0.25, 0.3) is 0 Å². The van der Waals surface area contributed by atoms with E-state index in [4.69, 9.17) is 0 Å². The first-order chi connectivity index (χ1) is 4.59. The van der Waals surface area contributed by atoms with Crippen molar-refractivity contribution in [1.82, 2.24) is 0 Å². The molecule has 0 atom stereocenters. The van der Waals surface area contributed by atoms with Gasteiger partial charge in [-0.15, -0.1) is 0 Å². The molecule has 0 rings (SSSR count). The van der Waals surface area contributed by atoms with Gasteiger partial charge in [-0.3, -0.25) is 0 Å². The van der Waals surface area contributed by atoms with Gasteiger partial charge in [-0.05, 0) is 13.8 Å². The molecule has 3 heteroatoms. The van der Waals surface area contributed by atoms with Crippen molar-refractivity contribution < 1.29 is 9.59 Å². The van der Waals surface area contributed by atoms with Crippen LogP contribution in [0.4, 0.5) is 0 Å². The minimum atomic E-state index is -1.66. The highest BCUT2D eigenvalue weighted by Crippen LogP contribution is 1.99. The zero-order chi connectivity index (χ0) is 8.15. The monoisotopic (exact) mass is 156 g/mol. The maximum atomic E-state index is 10.8. The molecule has 0 aromatic rings. The Morgan fingerprint density at radius 2 is 1.60 bits per heavy atom. The second-order valence-electron chi connectivity index (χ2n) is 2.56. The third-order valence-electron chi connectivity index (χ3n) is 1.56. The van der Waals surface area contributed by atoms with Gasteiger partial charge in [0.1, 0.15) is 0 Å². The summed E-state index contributed by atoms with van der Waals surface area (Å²) < 4.78 is 0.267. The van der Waals surface area contributed by atoms with E-state index in [0.717, 1.165) is 11.7 Å². The van der Waals surface area contributed by atoms with E-state index < -0.39 is 14.1 Å². The Kier molecular flexibility index (Phi) is 4.59. The molecule has 0 saturated carbocycles. The lowest BCUT2D eigenvalue weighted by Gasteiger charge is -1.99. The van der Waals surface area contributed by atoms with Crippen LogP contribution in [0.15, 0.2) is 0 Å². The van der Waals surface area contributed by atoms with Gasteiger partial charge in [0.2, 0.25) is 0 Å². The Balaban J connectivity index is 3.98. The van der Waals surface area contributed by atoms with Crippen molar-refractivity contribution in [3.05, 3.63) is 0 Å². The van der Waals surface area contributed by atoms with E-state index in [9.17, 15) is 9.59 Å². The van der Waals surface area contributed by atoms with Crippen LogP contribution in [0.2, 0.25) is 5.28 Å². The average molecular weight is 156 g/mol. The van der Waals surface area contributed by atoms with Crippen molar-refractivity contribution in [2.24, 2.45) is 0 Å². The maximum Gasteiger partial charge on any atom is 0.460 e. The molecule has 2 nitrogen and oxygen atoms in total. The Morgan fingerprint density at radius 3 is 1.70 bits per heavy atom. The van der Waals surface area contributed by atoms with Crippen molar-refractivity contribution in [2.75, 3.05) is 0 Å². The molecule has 0 aliphatic rings. The van der Waals surface area contributed by atoms with Crippen molar-refractivity contribution in [3.63, 3.8) is 0 Å². The summed E-state index contributed by atoms with van der Waals surface area (Å²) in [4.78, 5) is 21.6. The molecule has 0 fully saturated rings. The van der Waals surface area contributed by atoms with Gasteiger partial charge in [-0.2, -0.15) is 0 Å². The van der Waals surface area contributed by atoms with E-state index in [0.29, 0.717) is 0 Å². The molecule has 0 heterocycles. The smallest absolute Gasteiger partial charge is 0.320 e. The SMILES string of the molecule is CC[CH2][Al]([C](C)=O)[C](C)=O. The summed E-state index contributed by atoms with van der Waals surface area (Å²) in [7, 11) is 0. The van der Waals surface area contributed by atoms with E-state index >= 15 is 0 Å². The lowest BCUT2D eigenvalue weighted by Crippen LogP contribution is -2.31. The molecule has 0 amide bonds. The van der Waals surface area contributed by atoms with E-state index in [1.807, 2.05) is 6.92 Å². The highest BCUT2D eigenvalue weighted by molar-refractivity contribution is 7.10. The second-order valence-corrected chi connectivity index (χ2v) is 5.87. The molecular formula is C7H13AlO2. The normalized spacial score (nSPS) is 9.10. The Morgan fingerprint density at radius 1 is 1.20 bits per heavy atom. The summed E-state index contributed by atoms with van der Waals surface area (Å²) >= 11 is -1.66. The number of carbonyl (C=O) groups excluding carboxylic acids is 2. The summed E-state index contributed by atoms with van der Waals surface area (Å²) in [6.45, 7) is 5.08. The van der Waals surface area contributed by atoms with Crippen LogP contribution in [-0.4, -0.2) is 23.4 Å². The molecule has 0 aliphatic carbocycles. The van der Waals surface area contributed by atoms with Crippen LogP contribution in [0, 0.1) is 0 Å². The number of hydrogen-bond acceptors (Lipinski definition) is 2. The quantitative estimate of drug-likeness (QED) is 0.572. The zero-order valence-corrected chi connectivity index (χ0v) is 7.96. The van der Waals surface area contributed by atoms with Crippen LogP contribution in [0.25, 0.3) is 0 Å². The Bertz CT molecular complexity index is 129. The lowest BCUT2D eigenvalue weighted by atomic mass is 10.6. The summed E-state index contributed by atoms with van der Waals surface area (Å²) in [6.07, 6.45) is 0.954. The zero-order valence-electron chi connectivity index (χ0n) is 6.81. The highest BCUT2D eigenvalue weighted by atomic mass is 27.2. The Labute approximate surface area is 66.0 Å². The molecule has 56 valence electrons. The summed E-state index contributed by atoms with van der Waals surface area (Å²) in [5.41, 5.74) is 0. The molecular weight excluding hydrogens is 143 g/mol. The first-order valence-electron chi connectivity index (χ1n) is 3.60. The van der Waals surface area contributed by atoms with Gasteiger partial charge in [-0.25, -0.2) is 0 Å². The van der Waals surface area contributed by atoms with Crippen LogP contribution in [-0.2, 0) is 9.59 Å². The summed E-state index contributed by atoms with van der Waals surface area (Å²) in [6, 6.07) is 0. The lowest BCUT2D eigenvalue weighted by molar-refractivity contribution is -0.113. The second kappa shape index (κ2) is 4.65. The summed E-state index contributed by atoms with van der Waals surface area (Å²) in [5.74, 6) is 0. The van der Waals surface area contributed by atoms with Gasteiger partial charge in [0, 0.05) is 0 Å². The predicted molar refractivity (Wildman–Crippen MR) is 42.2 cm³/mol. The van der Waals surface area contributed by atoms with E-state index in [-0.39, 0.29) is 9.29 Å². The third kappa shape index (κ3) is 3.15. The fourth-order valence-corrected chi connectivity index (χ4v) is 2.94. The van der Waals surface area contributed by atoms with E-state index in [1.165, 1.54) is 13.8 Å². The van der Waals surface area contributed by atoms with Gasteiger partial charge < -0.3 is 9.59 Å². The van der Waals surface area contributed by atoms with Gasteiger partial charge in [0.05, 0.1) is 9.29 Å². The first-order valence-corrected chi connectivity index (χ1v) is 5.57. The van der Waals surface area contributed by atoms with E-state index in [2.05, 4.69) is 0 Å². The molecule has 0 aliphatic heterocycles. The molecule has 0 saturated heterocycles. The number of hydrogen-bond donors (Lipinski definition) is 0. The van der Waals surface area contributed by atoms with Crippen molar-refractivity contribution in [3.8, 4) is 0 Å². The largest absolute Gasteiger partial charge is 0.460 e. The van der Waals surface area contributed by atoms with Gasteiger partial charge in [-0.1, -0.05) is 18.6 Å². The fourth-order valence-electron chi connectivity index (χ4n) is 0.981. The van der Waals surface area contributed by atoms with Crippen molar-refractivity contribution in [1.29, 1.82) is 0 Å². The fraction of sp³-hybridized carbons (Fsp3) is 0.714. The van der Waals surface area contributed by atoms with Crippen molar-refractivity contribution in [2.45, 2.75) is 32.5 Å². The van der Waals surface area contributed by atoms with Crippen molar-refractivity contribution >= 4 is 23.4 Å². The van der Waals surface area contributed by atoms with Gasteiger partial charge in [0.15, 0.2) is 0 Å². The minimum absolute atomic E-state index is 0.134. The van der Waals surface area contributed by atoms with Crippen LogP contribution in [0.5, 0.6) is 0 Å². The Hall–Kier alpha value is -0.128. The van der Waals surface area contributed by atoms with Crippen LogP contribution in [0.1, 0.15) is 27.2 Å². The number of carbonyl (C=O) groups is 2. The minimum Gasteiger partial charge on any atom is -0.320 e. The molecule has 0 unspecified atom stereocenters. The molecule has 0 bridgehead atoms. The molecule has 0 N–H and O–H groups in total.